The summed E-state index contributed by atoms with van der Waals surface area (Å²) in [7, 11) is 0. The zero-order chi connectivity index (χ0) is 20.0. The van der Waals surface area contributed by atoms with Crippen LogP contribution in [0.5, 0.6) is 0 Å². The third-order valence-electron chi connectivity index (χ3n) is 3.86. The van der Waals surface area contributed by atoms with Gasteiger partial charge in [0.05, 0.1) is 16.2 Å². The molecule has 5 nitrogen and oxygen atoms in total. The first-order valence-corrected chi connectivity index (χ1v) is 9.08. The van der Waals surface area contributed by atoms with E-state index >= 15 is 0 Å². The Labute approximate surface area is 164 Å². The summed E-state index contributed by atoms with van der Waals surface area (Å²) < 4.78 is 5.56. The van der Waals surface area contributed by atoms with E-state index in [0.717, 1.165) is 11.1 Å². The molecule has 6 heteroatoms. The zero-order valence-electron chi connectivity index (χ0n) is 15.7. The van der Waals surface area contributed by atoms with E-state index < -0.39 is 17.9 Å². The van der Waals surface area contributed by atoms with Gasteiger partial charge in [-0.2, -0.15) is 0 Å². The van der Waals surface area contributed by atoms with Gasteiger partial charge < -0.3 is 15.2 Å². The molecule has 0 aromatic heterocycles. The highest BCUT2D eigenvalue weighted by molar-refractivity contribution is 6.34. The third kappa shape index (κ3) is 6.38. The summed E-state index contributed by atoms with van der Waals surface area (Å²) in [5, 5.41) is 12.2. The van der Waals surface area contributed by atoms with Crippen molar-refractivity contribution in [3.63, 3.8) is 0 Å². The van der Waals surface area contributed by atoms with Crippen LogP contribution >= 0.6 is 11.6 Å². The molecule has 0 saturated heterocycles. The number of carboxylic acid groups (broad SMARTS) is 1. The van der Waals surface area contributed by atoms with Crippen molar-refractivity contribution in [2.24, 2.45) is 0 Å². The van der Waals surface area contributed by atoms with Crippen molar-refractivity contribution >= 4 is 23.5 Å². The summed E-state index contributed by atoms with van der Waals surface area (Å²) in [6.45, 7) is 5.88. The molecular weight excluding hydrogens is 366 g/mol. The summed E-state index contributed by atoms with van der Waals surface area (Å²) in [5.74, 6) is -1.64. The van der Waals surface area contributed by atoms with Crippen LogP contribution < -0.4 is 5.32 Å². The molecule has 0 aliphatic rings. The van der Waals surface area contributed by atoms with Crippen molar-refractivity contribution in [1.29, 1.82) is 0 Å². The van der Waals surface area contributed by atoms with Gasteiger partial charge in [0, 0.05) is 13.0 Å². The van der Waals surface area contributed by atoms with Gasteiger partial charge in [-0.15, -0.1) is 0 Å². The number of halogens is 1. The Morgan fingerprint density at radius 2 is 1.78 bits per heavy atom. The van der Waals surface area contributed by atoms with Crippen LogP contribution in [0.25, 0.3) is 11.1 Å². The SMILES string of the molecule is CC(C)(C)OCCC(NC(=O)c1cc(-c2ccccc2)ccc1Cl)C(=O)O. The molecule has 0 aliphatic heterocycles. The van der Waals surface area contributed by atoms with Crippen LogP contribution in [0.1, 0.15) is 37.6 Å². The lowest BCUT2D eigenvalue weighted by Crippen LogP contribution is -2.42. The molecule has 2 N–H and O–H groups in total. The first-order valence-electron chi connectivity index (χ1n) is 8.70. The Morgan fingerprint density at radius 1 is 1.11 bits per heavy atom. The Bertz CT molecular complexity index is 800. The molecule has 144 valence electrons. The van der Waals surface area contributed by atoms with Crippen LogP contribution in [-0.4, -0.2) is 35.2 Å². The second-order valence-corrected chi connectivity index (χ2v) is 7.58. The molecule has 0 aliphatic carbocycles. The lowest BCUT2D eigenvalue weighted by Gasteiger charge is -2.21. The van der Waals surface area contributed by atoms with E-state index in [0.29, 0.717) is 0 Å². The second kappa shape index (κ2) is 9.02. The summed E-state index contributed by atoms with van der Waals surface area (Å²) >= 11 is 6.17. The first kappa shape index (κ1) is 20.9. The molecule has 1 unspecified atom stereocenters. The van der Waals surface area contributed by atoms with Gasteiger partial charge >= 0.3 is 5.97 Å². The quantitative estimate of drug-likeness (QED) is 0.736. The molecule has 2 aromatic rings. The van der Waals surface area contributed by atoms with E-state index in [-0.39, 0.29) is 29.2 Å². The molecule has 0 spiro atoms. The van der Waals surface area contributed by atoms with Crippen LogP contribution in [0.15, 0.2) is 48.5 Å². The van der Waals surface area contributed by atoms with Gasteiger partial charge in [0.25, 0.3) is 5.91 Å². The van der Waals surface area contributed by atoms with E-state index in [9.17, 15) is 14.7 Å². The van der Waals surface area contributed by atoms with Crippen molar-refractivity contribution in [3.05, 3.63) is 59.1 Å². The van der Waals surface area contributed by atoms with Crippen molar-refractivity contribution in [2.45, 2.75) is 38.8 Å². The average molecular weight is 390 g/mol. The smallest absolute Gasteiger partial charge is 0.326 e. The highest BCUT2D eigenvalue weighted by atomic mass is 35.5. The van der Waals surface area contributed by atoms with Crippen LogP contribution in [0.3, 0.4) is 0 Å². The highest BCUT2D eigenvalue weighted by Gasteiger charge is 2.23. The van der Waals surface area contributed by atoms with Gasteiger partial charge in [-0.3, -0.25) is 4.79 Å². The molecule has 27 heavy (non-hydrogen) atoms. The van der Waals surface area contributed by atoms with Gasteiger partial charge in [-0.1, -0.05) is 48.0 Å². The minimum Gasteiger partial charge on any atom is -0.480 e. The predicted molar refractivity (Wildman–Crippen MR) is 106 cm³/mol. The van der Waals surface area contributed by atoms with Crippen LogP contribution in [0.4, 0.5) is 0 Å². The van der Waals surface area contributed by atoms with Gasteiger partial charge in [0.2, 0.25) is 0 Å². The van der Waals surface area contributed by atoms with Gasteiger partial charge in [0.1, 0.15) is 6.04 Å². The van der Waals surface area contributed by atoms with Crippen molar-refractivity contribution in [3.8, 4) is 11.1 Å². The fourth-order valence-electron chi connectivity index (χ4n) is 2.49. The fourth-order valence-corrected chi connectivity index (χ4v) is 2.69. The third-order valence-corrected chi connectivity index (χ3v) is 4.19. The maximum Gasteiger partial charge on any atom is 0.326 e. The van der Waals surface area contributed by atoms with Crippen LogP contribution in [0.2, 0.25) is 5.02 Å². The minimum atomic E-state index is -1.11. The maximum atomic E-state index is 12.6. The van der Waals surface area contributed by atoms with Gasteiger partial charge in [0.15, 0.2) is 0 Å². The summed E-state index contributed by atoms with van der Waals surface area (Å²) in [4.78, 5) is 24.1. The predicted octanol–water partition coefficient (Wildman–Crippen LogP) is 4.40. The maximum absolute atomic E-state index is 12.6. The number of benzene rings is 2. The number of carbonyl (C=O) groups excluding carboxylic acids is 1. The molecule has 0 heterocycles. The topological polar surface area (TPSA) is 75.6 Å². The van der Waals surface area contributed by atoms with Gasteiger partial charge in [-0.25, -0.2) is 4.79 Å². The van der Waals surface area contributed by atoms with Crippen molar-refractivity contribution in [2.75, 3.05) is 6.61 Å². The zero-order valence-corrected chi connectivity index (χ0v) is 16.4. The lowest BCUT2D eigenvalue weighted by atomic mass is 10.0. The molecule has 2 rings (SSSR count). The number of hydrogen-bond acceptors (Lipinski definition) is 3. The lowest BCUT2D eigenvalue weighted by molar-refractivity contribution is -0.140. The summed E-state index contributed by atoms with van der Waals surface area (Å²) in [6, 6.07) is 13.6. The van der Waals surface area contributed by atoms with E-state index in [2.05, 4.69) is 5.32 Å². The number of rotatable bonds is 7. The van der Waals surface area contributed by atoms with Gasteiger partial charge in [-0.05, 0) is 44.0 Å². The standard InChI is InChI=1S/C21H24ClNO4/c1-21(2,3)27-12-11-18(20(25)26)23-19(24)16-13-15(9-10-17(16)22)14-7-5-4-6-8-14/h4-10,13,18H,11-12H2,1-3H3,(H,23,24)(H,25,26). The minimum absolute atomic E-state index is 0.161. The Kier molecular flexibility index (Phi) is 6.99. The van der Waals surface area contributed by atoms with Crippen molar-refractivity contribution in [1.82, 2.24) is 5.32 Å². The Balaban J connectivity index is 2.14. The second-order valence-electron chi connectivity index (χ2n) is 7.17. The Morgan fingerprint density at radius 3 is 2.37 bits per heavy atom. The fraction of sp³-hybridized carbons (Fsp3) is 0.333. The van der Waals surface area contributed by atoms with Crippen LogP contribution in [0, 0.1) is 0 Å². The highest BCUT2D eigenvalue weighted by Crippen LogP contribution is 2.25. The Hall–Kier alpha value is -2.37. The van der Waals surface area contributed by atoms with E-state index in [1.165, 1.54) is 0 Å². The van der Waals surface area contributed by atoms with E-state index in [1.807, 2.05) is 57.2 Å². The van der Waals surface area contributed by atoms with Crippen molar-refractivity contribution < 1.29 is 19.4 Å². The monoisotopic (exact) mass is 389 g/mol. The number of carboxylic acids is 1. The normalized spacial score (nSPS) is 12.4. The molecule has 0 radical (unpaired) electrons. The first-order chi connectivity index (χ1) is 12.7. The largest absolute Gasteiger partial charge is 0.480 e. The molecule has 2 aromatic carbocycles. The molecular formula is C21H24ClNO4. The van der Waals surface area contributed by atoms with E-state index in [1.54, 1.807) is 12.1 Å². The molecule has 0 saturated carbocycles. The summed E-state index contributed by atoms with van der Waals surface area (Å²) in [6.07, 6.45) is 0.161. The number of carbonyl (C=O) groups is 2. The number of ether oxygens (including phenoxy) is 1. The van der Waals surface area contributed by atoms with Crippen LogP contribution in [-0.2, 0) is 9.53 Å². The van der Waals surface area contributed by atoms with E-state index in [4.69, 9.17) is 16.3 Å². The number of nitrogens with one attached hydrogen (secondary N) is 1. The molecule has 1 atom stereocenters. The summed E-state index contributed by atoms with van der Waals surface area (Å²) in [5.41, 5.74) is 1.63. The average Bonchev–Trinajstić information content (AvgIpc) is 2.60. The number of amides is 1. The number of hydrogen-bond donors (Lipinski definition) is 2. The molecule has 0 bridgehead atoms. The number of aliphatic carboxylic acids is 1. The molecule has 1 amide bonds. The molecule has 0 fully saturated rings.